The van der Waals surface area contributed by atoms with Crippen molar-refractivity contribution in [1.82, 2.24) is 0 Å². The van der Waals surface area contributed by atoms with Crippen molar-refractivity contribution in [2.45, 2.75) is 6.04 Å². The van der Waals surface area contributed by atoms with Crippen LogP contribution in [0.25, 0.3) is 0 Å². The van der Waals surface area contributed by atoms with Crippen LogP contribution in [0.3, 0.4) is 0 Å². The van der Waals surface area contributed by atoms with Gasteiger partial charge in [0, 0.05) is 14.6 Å². The summed E-state index contributed by atoms with van der Waals surface area (Å²) in [7, 11) is 0. The van der Waals surface area contributed by atoms with Crippen LogP contribution in [0.5, 0.6) is 0 Å². The molecule has 1 heterocycles. The van der Waals surface area contributed by atoms with E-state index in [9.17, 15) is 0 Å². The highest BCUT2D eigenvalue weighted by Gasteiger charge is 2.29. The second-order valence-corrected chi connectivity index (χ2v) is 6.91. The molecule has 1 atom stereocenters. The number of aliphatic imine (C=N–C) groups is 1. The zero-order valence-corrected chi connectivity index (χ0v) is 14.9. The molecule has 3 rings (SSSR count). The molecule has 0 aromatic heterocycles. The van der Waals surface area contributed by atoms with Gasteiger partial charge in [0.2, 0.25) is 0 Å². The van der Waals surface area contributed by atoms with Crippen molar-refractivity contribution >= 4 is 55.1 Å². The Morgan fingerprint density at radius 2 is 1.86 bits per heavy atom. The monoisotopic (exact) mass is 427 g/mol. The van der Waals surface area contributed by atoms with Crippen LogP contribution in [-0.4, -0.2) is 12.5 Å². The summed E-state index contributed by atoms with van der Waals surface area (Å²) < 4.78 is 1.92. The van der Waals surface area contributed by atoms with Gasteiger partial charge in [0.25, 0.3) is 0 Å². The van der Waals surface area contributed by atoms with E-state index in [0.717, 1.165) is 20.2 Å². The number of benzene rings is 2. The van der Waals surface area contributed by atoms with Gasteiger partial charge in [-0.25, -0.2) is 0 Å². The van der Waals surface area contributed by atoms with Gasteiger partial charge in [-0.1, -0.05) is 33.6 Å². The van der Waals surface area contributed by atoms with Gasteiger partial charge in [-0.05, 0) is 57.9 Å². The second-order valence-electron chi connectivity index (χ2n) is 4.73. The highest BCUT2D eigenvalue weighted by atomic mass is 79.9. The first kappa shape index (κ1) is 14.9. The highest BCUT2D eigenvalue weighted by molar-refractivity contribution is 9.10. The molecule has 21 heavy (non-hydrogen) atoms. The molecule has 2 N–H and O–H groups in total. The second kappa shape index (κ2) is 5.99. The number of hydrogen-bond donors (Lipinski definition) is 1. The molecule has 1 aliphatic rings. The summed E-state index contributed by atoms with van der Waals surface area (Å²) in [6, 6.07) is 14.0. The molecule has 0 amide bonds. The molecule has 0 aliphatic carbocycles. The van der Waals surface area contributed by atoms with Crippen molar-refractivity contribution in [1.29, 1.82) is 0 Å². The van der Waals surface area contributed by atoms with Crippen molar-refractivity contribution in [3.05, 3.63) is 62.0 Å². The van der Waals surface area contributed by atoms with E-state index in [2.05, 4.69) is 36.9 Å². The lowest BCUT2D eigenvalue weighted by Gasteiger charge is -2.27. The fraction of sp³-hybridized carbons (Fsp3) is 0.133. The SMILES string of the molecule is NC1=NCC(c2ccc(Br)c(Cl)c2)N1c1ccc(Br)cc1. The molecule has 1 aliphatic heterocycles. The molecule has 108 valence electrons. The van der Waals surface area contributed by atoms with Crippen LogP contribution in [0, 0.1) is 0 Å². The van der Waals surface area contributed by atoms with Crippen LogP contribution < -0.4 is 10.6 Å². The van der Waals surface area contributed by atoms with Crippen LogP contribution in [0.4, 0.5) is 5.69 Å². The number of nitrogens with two attached hydrogens (primary N) is 1. The van der Waals surface area contributed by atoms with E-state index in [4.69, 9.17) is 17.3 Å². The van der Waals surface area contributed by atoms with Gasteiger partial charge in [-0.2, -0.15) is 0 Å². The summed E-state index contributed by atoms with van der Waals surface area (Å²) >= 11 is 13.1. The Morgan fingerprint density at radius 3 is 2.52 bits per heavy atom. The van der Waals surface area contributed by atoms with Crippen LogP contribution in [0.2, 0.25) is 5.02 Å². The Balaban J connectivity index is 1.98. The van der Waals surface area contributed by atoms with Gasteiger partial charge in [-0.15, -0.1) is 0 Å². The zero-order valence-electron chi connectivity index (χ0n) is 10.9. The Labute approximate surface area is 145 Å². The maximum Gasteiger partial charge on any atom is 0.196 e. The summed E-state index contributed by atoms with van der Waals surface area (Å²) in [5.41, 5.74) is 8.17. The zero-order chi connectivity index (χ0) is 15.0. The fourth-order valence-corrected chi connectivity index (χ4v) is 3.09. The number of halogens is 3. The van der Waals surface area contributed by atoms with E-state index in [1.165, 1.54) is 0 Å². The molecule has 6 heteroatoms. The van der Waals surface area contributed by atoms with Crippen LogP contribution in [0.15, 0.2) is 56.4 Å². The Kier molecular flexibility index (Phi) is 4.24. The summed E-state index contributed by atoms with van der Waals surface area (Å²) in [6.07, 6.45) is 0. The Bertz CT molecular complexity index is 701. The lowest BCUT2D eigenvalue weighted by Crippen LogP contribution is -2.36. The third-order valence-corrected chi connectivity index (χ3v) is 5.18. The van der Waals surface area contributed by atoms with Crippen molar-refractivity contribution in [3.63, 3.8) is 0 Å². The Hall–Kier alpha value is -1.04. The maximum absolute atomic E-state index is 6.20. The van der Waals surface area contributed by atoms with E-state index >= 15 is 0 Å². The van der Waals surface area contributed by atoms with Crippen molar-refractivity contribution in [3.8, 4) is 0 Å². The normalized spacial score (nSPS) is 18.0. The minimum atomic E-state index is 0.0665. The summed E-state index contributed by atoms with van der Waals surface area (Å²) in [6.45, 7) is 0.625. The molecule has 2 aromatic rings. The lowest BCUT2D eigenvalue weighted by molar-refractivity contribution is 0.768. The summed E-state index contributed by atoms with van der Waals surface area (Å²) in [4.78, 5) is 6.41. The van der Waals surface area contributed by atoms with Crippen molar-refractivity contribution < 1.29 is 0 Å². The number of rotatable bonds is 2. The van der Waals surface area contributed by atoms with Crippen LogP contribution in [0.1, 0.15) is 11.6 Å². The third-order valence-electron chi connectivity index (χ3n) is 3.42. The molecule has 0 radical (unpaired) electrons. The molecule has 3 nitrogen and oxygen atoms in total. The van der Waals surface area contributed by atoms with Gasteiger partial charge in [0.15, 0.2) is 5.96 Å². The predicted molar refractivity (Wildman–Crippen MR) is 95.0 cm³/mol. The first-order valence-corrected chi connectivity index (χ1v) is 8.32. The van der Waals surface area contributed by atoms with Gasteiger partial charge in [0.1, 0.15) is 0 Å². The van der Waals surface area contributed by atoms with E-state index in [-0.39, 0.29) is 6.04 Å². The van der Waals surface area contributed by atoms with E-state index in [1.807, 2.05) is 47.4 Å². The van der Waals surface area contributed by atoms with Crippen molar-refractivity contribution in [2.24, 2.45) is 10.7 Å². The molecule has 0 spiro atoms. The summed E-state index contributed by atoms with van der Waals surface area (Å²) in [5.74, 6) is 0.529. The van der Waals surface area contributed by atoms with Gasteiger partial charge < -0.3 is 10.6 Å². The van der Waals surface area contributed by atoms with E-state index in [0.29, 0.717) is 17.5 Å². The fourth-order valence-electron chi connectivity index (χ4n) is 2.39. The minimum absolute atomic E-state index is 0.0665. The molecule has 1 unspecified atom stereocenters. The third kappa shape index (κ3) is 2.96. The average molecular weight is 430 g/mol. The lowest BCUT2D eigenvalue weighted by atomic mass is 10.1. The van der Waals surface area contributed by atoms with Gasteiger partial charge in [0.05, 0.1) is 17.6 Å². The molecule has 0 fully saturated rings. The quantitative estimate of drug-likeness (QED) is 0.749. The van der Waals surface area contributed by atoms with Gasteiger partial charge >= 0.3 is 0 Å². The topological polar surface area (TPSA) is 41.6 Å². The standard InChI is InChI=1S/C15H12Br2ClN3/c16-10-2-4-11(5-3-10)21-14(8-20-15(21)19)9-1-6-12(17)13(18)7-9/h1-7,14H,8H2,(H2,19,20). The maximum atomic E-state index is 6.20. The highest BCUT2D eigenvalue weighted by Crippen LogP contribution is 2.34. The van der Waals surface area contributed by atoms with Crippen LogP contribution in [-0.2, 0) is 0 Å². The van der Waals surface area contributed by atoms with E-state index in [1.54, 1.807) is 0 Å². The summed E-state index contributed by atoms with van der Waals surface area (Å²) in [5, 5.41) is 0.689. The molecule has 0 saturated carbocycles. The predicted octanol–water partition coefficient (Wildman–Crippen LogP) is 4.74. The van der Waals surface area contributed by atoms with E-state index < -0.39 is 0 Å². The molecule has 0 saturated heterocycles. The number of hydrogen-bond acceptors (Lipinski definition) is 3. The smallest absolute Gasteiger partial charge is 0.196 e. The Morgan fingerprint density at radius 1 is 1.14 bits per heavy atom. The van der Waals surface area contributed by atoms with Crippen LogP contribution >= 0.6 is 43.5 Å². The molecular formula is C15H12Br2ClN3. The molecular weight excluding hydrogens is 417 g/mol. The number of nitrogens with zero attached hydrogens (tertiary/aromatic N) is 2. The minimum Gasteiger partial charge on any atom is -0.369 e. The molecule has 2 aromatic carbocycles. The van der Waals surface area contributed by atoms with Gasteiger partial charge in [-0.3, -0.25) is 4.99 Å². The first-order chi connectivity index (χ1) is 10.1. The number of guanidine groups is 1. The average Bonchev–Trinajstić information content (AvgIpc) is 2.85. The van der Waals surface area contributed by atoms with Crippen molar-refractivity contribution in [2.75, 3.05) is 11.4 Å². The first-order valence-electron chi connectivity index (χ1n) is 6.36. The number of anilines is 1. The molecule has 0 bridgehead atoms. The largest absolute Gasteiger partial charge is 0.369 e.